The van der Waals surface area contributed by atoms with Gasteiger partial charge < -0.3 is 9.64 Å². The SMILES string of the molecule is Fc1ccc(N2CCN([C@H](c3ccc(Cl)cc3)c3nnnn3C[C@H]3CCCO3)CC2)cc1. The molecule has 168 valence electrons. The second-order valence-electron chi connectivity index (χ2n) is 8.31. The minimum Gasteiger partial charge on any atom is -0.376 e. The van der Waals surface area contributed by atoms with E-state index in [9.17, 15) is 4.39 Å². The number of tetrazole rings is 1. The minimum absolute atomic E-state index is 0.0842. The van der Waals surface area contributed by atoms with Crippen LogP contribution in [-0.4, -0.2) is 64.0 Å². The maximum atomic E-state index is 13.3. The molecule has 0 bridgehead atoms. The lowest BCUT2D eigenvalue weighted by molar-refractivity contribution is 0.0906. The van der Waals surface area contributed by atoms with Crippen molar-refractivity contribution in [3.63, 3.8) is 0 Å². The zero-order chi connectivity index (χ0) is 21.9. The fourth-order valence-corrected chi connectivity index (χ4v) is 4.70. The Morgan fingerprint density at radius 3 is 2.47 bits per heavy atom. The number of rotatable bonds is 6. The van der Waals surface area contributed by atoms with Crippen LogP contribution in [0.2, 0.25) is 5.02 Å². The topological polar surface area (TPSA) is 59.3 Å². The maximum absolute atomic E-state index is 13.3. The Morgan fingerprint density at radius 1 is 1.03 bits per heavy atom. The van der Waals surface area contributed by atoms with E-state index in [2.05, 4.69) is 25.3 Å². The van der Waals surface area contributed by atoms with E-state index in [4.69, 9.17) is 16.3 Å². The van der Waals surface area contributed by atoms with Gasteiger partial charge >= 0.3 is 0 Å². The van der Waals surface area contributed by atoms with E-state index in [0.717, 1.165) is 62.7 Å². The Labute approximate surface area is 191 Å². The number of hydrogen-bond donors (Lipinski definition) is 0. The van der Waals surface area contributed by atoms with Crippen LogP contribution in [0.25, 0.3) is 0 Å². The van der Waals surface area contributed by atoms with Gasteiger partial charge in [-0.2, -0.15) is 0 Å². The summed E-state index contributed by atoms with van der Waals surface area (Å²) in [4.78, 5) is 4.69. The van der Waals surface area contributed by atoms with Crippen molar-refractivity contribution in [1.82, 2.24) is 25.1 Å². The molecule has 0 spiro atoms. The zero-order valence-electron chi connectivity index (χ0n) is 17.8. The minimum atomic E-state index is -0.215. The number of hydrogen-bond acceptors (Lipinski definition) is 6. The highest BCUT2D eigenvalue weighted by Gasteiger charge is 2.31. The summed E-state index contributed by atoms with van der Waals surface area (Å²) in [6.45, 7) is 4.79. The normalized spacial score (nSPS) is 20.6. The quantitative estimate of drug-likeness (QED) is 0.565. The molecule has 1 aromatic heterocycles. The average Bonchev–Trinajstić information content (AvgIpc) is 3.49. The lowest BCUT2D eigenvalue weighted by Gasteiger charge is -2.40. The summed E-state index contributed by atoms with van der Waals surface area (Å²) < 4.78 is 21.0. The molecular formula is C23H26ClFN6O. The molecule has 2 aliphatic rings. The van der Waals surface area contributed by atoms with Crippen LogP contribution in [-0.2, 0) is 11.3 Å². The number of aromatic nitrogens is 4. The van der Waals surface area contributed by atoms with Crippen LogP contribution in [0.4, 0.5) is 10.1 Å². The molecule has 0 aliphatic carbocycles. The van der Waals surface area contributed by atoms with Crippen molar-refractivity contribution in [1.29, 1.82) is 0 Å². The van der Waals surface area contributed by atoms with Gasteiger partial charge in [-0.05, 0) is 65.2 Å². The molecule has 0 unspecified atom stereocenters. The molecule has 5 rings (SSSR count). The van der Waals surface area contributed by atoms with Gasteiger partial charge in [-0.3, -0.25) is 4.90 Å². The van der Waals surface area contributed by atoms with Crippen molar-refractivity contribution in [2.45, 2.75) is 31.5 Å². The number of halogens is 2. The van der Waals surface area contributed by atoms with Gasteiger partial charge in [0.05, 0.1) is 18.7 Å². The molecule has 9 heteroatoms. The summed E-state index contributed by atoms with van der Waals surface area (Å²) in [6, 6.07) is 14.5. The Bertz CT molecular complexity index is 1010. The highest BCUT2D eigenvalue weighted by atomic mass is 35.5. The fraction of sp³-hybridized carbons (Fsp3) is 0.435. The summed E-state index contributed by atoms with van der Waals surface area (Å²) in [5.74, 6) is 0.603. The molecule has 0 amide bonds. The van der Waals surface area contributed by atoms with Crippen LogP contribution in [0.3, 0.4) is 0 Å². The number of nitrogens with zero attached hydrogens (tertiary/aromatic N) is 6. The monoisotopic (exact) mass is 456 g/mol. The summed E-state index contributed by atoms with van der Waals surface area (Å²) in [5.41, 5.74) is 2.14. The molecule has 3 heterocycles. The average molecular weight is 457 g/mol. The van der Waals surface area contributed by atoms with Crippen LogP contribution in [0.5, 0.6) is 0 Å². The summed E-state index contributed by atoms with van der Waals surface area (Å²) >= 11 is 6.16. The molecule has 0 saturated carbocycles. The zero-order valence-corrected chi connectivity index (χ0v) is 18.5. The standard InChI is InChI=1S/C23H26ClFN6O/c24-18-5-3-17(4-6-18)22(23-26-27-28-31(23)16-21-2-1-15-32-21)30-13-11-29(12-14-30)20-9-7-19(25)8-10-20/h3-10,21-22H,1-2,11-16H2/t21-,22-/m1/s1. The van der Waals surface area contributed by atoms with Crippen molar-refractivity contribution in [2.24, 2.45) is 0 Å². The molecule has 2 saturated heterocycles. The third kappa shape index (κ3) is 4.62. The molecule has 0 N–H and O–H groups in total. The predicted octanol–water partition coefficient (Wildman–Crippen LogP) is 3.56. The number of anilines is 1. The van der Waals surface area contributed by atoms with E-state index in [1.165, 1.54) is 12.1 Å². The molecule has 2 atom stereocenters. The first-order chi connectivity index (χ1) is 15.7. The first-order valence-corrected chi connectivity index (χ1v) is 11.4. The van der Waals surface area contributed by atoms with Gasteiger partial charge in [-0.1, -0.05) is 23.7 Å². The van der Waals surface area contributed by atoms with E-state index < -0.39 is 0 Å². The highest BCUT2D eigenvalue weighted by molar-refractivity contribution is 6.30. The van der Waals surface area contributed by atoms with Gasteiger partial charge in [0.1, 0.15) is 5.82 Å². The predicted molar refractivity (Wildman–Crippen MR) is 120 cm³/mol. The molecule has 0 radical (unpaired) electrons. The molecule has 32 heavy (non-hydrogen) atoms. The van der Waals surface area contributed by atoms with Gasteiger partial charge in [0.25, 0.3) is 0 Å². The third-order valence-electron chi connectivity index (χ3n) is 6.26. The first kappa shape index (κ1) is 21.3. The van der Waals surface area contributed by atoms with Gasteiger partial charge in [-0.25, -0.2) is 9.07 Å². The molecule has 7 nitrogen and oxygen atoms in total. The van der Waals surface area contributed by atoms with E-state index in [1.807, 2.05) is 41.1 Å². The Kier molecular flexibility index (Phi) is 6.34. The van der Waals surface area contributed by atoms with Crippen molar-refractivity contribution >= 4 is 17.3 Å². The molecule has 2 aromatic carbocycles. The largest absolute Gasteiger partial charge is 0.376 e. The van der Waals surface area contributed by atoms with E-state index in [0.29, 0.717) is 11.6 Å². The van der Waals surface area contributed by atoms with Crippen LogP contribution < -0.4 is 4.90 Å². The third-order valence-corrected chi connectivity index (χ3v) is 6.51. The van der Waals surface area contributed by atoms with Crippen molar-refractivity contribution in [3.8, 4) is 0 Å². The van der Waals surface area contributed by atoms with Gasteiger partial charge in [0.15, 0.2) is 5.82 Å². The van der Waals surface area contributed by atoms with E-state index in [1.54, 1.807) is 0 Å². The van der Waals surface area contributed by atoms with Crippen molar-refractivity contribution < 1.29 is 9.13 Å². The second-order valence-corrected chi connectivity index (χ2v) is 8.74. The Balaban J connectivity index is 1.38. The highest BCUT2D eigenvalue weighted by Crippen LogP contribution is 2.30. The Morgan fingerprint density at radius 2 is 1.78 bits per heavy atom. The van der Waals surface area contributed by atoms with E-state index >= 15 is 0 Å². The van der Waals surface area contributed by atoms with Crippen LogP contribution in [0, 0.1) is 5.82 Å². The van der Waals surface area contributed by atoms with Gasteiger partial charge in [0, 0.05) is 43.5 Å². The second kappa shape index (κ2) is 9.52. The van der Waals surface area contributed by atoms with Gasteiger partial charge in [0.2, 0.25) is 0 Å². The van der Waals surface area contributed by atoms with Crippen molar-refractivity contribution in [3.05, 3.63) is 70.8 Å². The lowest BCUT2D eigenvalue weighted by atomic mass is 10.0. The van der Waals surface area contributed by atoms with E-state index in [-0.39, 0.29) is 18.0 Å². The smallest absolute Gasteiger partial charge is 0.173 e. The molecular weight excluding hydrogens is 431 g/mol. The maximum Gasteiger partial charge on any atom is 0.173 e. The lowest BCUT2D eigenvalue weighted by Crippen LogP contribution is -2.48. The summed E-state index contributed by atoms with van der Waals surface area (Å²) in [5, 5.41) is 13.4. The summed E-state index contributed by atoms with van der Waals surface area (Å²) in [7, 11) is 0. The van der Waals surface area contributed by atoms with Crippen LogP contribution in [0.15, 0.2) is 48.5 Å². The number of piperazine rings is 1. The molecule has 2 fully saturated rings. The number of ether oxygens (including phenoxy) is 1. The van der Waals surface area contributed by atoms with Crippen LogP contribution in [0.1, 0.15) is 30.3 Å². The summed E-state index contributed by atoms with van der Waals surface area (Å²) in [6.07, 6.45) is 2.26. The molecule has 3 aromatic rings. The van der Waals surface area contributed by atoms with Crippen LogP contribution >= 0.6 is 11.6 Å². The van der Waals surface area contributed by atoms with Crippen molar-refractivity contribution in [2.75, 3.05) is 37.7 Å². The number of benzene rings is 2. The molecule has 2 aliphatic heterocycles. The fourth-order valence-electron chi connectivity index (χ4n) is 4.58. The first-order valence-electron chi connectivity index (χ1n) is 11.0. The van der Waals surface area contributed by atoms with Gasteiger partial charge in [-0.15, -0.1) is 5.10 Å². The Hall–Kier alpha value is -2.55.